The topological polar surface area (TPSA) is 81.4 Å². The number of rotatable bonds is 5. The van der Waals surface area contributed by atoms with Gasteiger partial charge in [-0.15, -0.1) is 0 Å². The maximum atomic E-state index is 13.8. The Hall–Kier alpha value is -3.76. The summed E-state index contributed by atoms with van der Waals surface area (Å²) in [6, 6.07) is 13.8. The fraction of sp³-hybridized carbons (Fsp3) is 0.459. The zero-order valence-corrected chi connectivity index (χ0v) is 27.1. The Kier molecular flexibility index (Phi) is 8.37. The van der Waals surface area contributed by atoms with Crippen LogP contribution in [0.15, 0.2) is 65.9 Å². The smallest absolute Gasteiger partial charge is 0.262 e. The average molecular weight is 647 g/mol. The van der Waals surface area contributed by atoms with E-state index in [4.69, 9.17) is 0 Å². The van der Waals surface area contributed by atoms with Gasteiger partial charge in [0.05, 0.1) is 48.1 Å². The molecule has 4 atom stereocenters. The maximum absolute atomic E-state index is 13.8. The van der Waals surface area contributed by atoms with E-state index in [0.717, 1.165) is 53.5 Å². The molecule has 0 bridgehead atoms. The number of benzene rings is 2. The van der Waals surface area contributed by atoms with Gasteiger partial charge in [-0.1, -0.05) is 62.8 Å². The molecule has 2 saturated heterocycles. The summed E-state index contributed by atoms with van der Waals surface area (Å²) in [7, 11) is 0. The van der Waals surface area contributed by atoms with E-state index >= 15 is 0 Å². The summed E-state index contributed by atoms with van der Waals surface area (Å²) in [6.07, 6.45) is 7.72. The van der Waals surface area contributed by atoms with Crippen LogP contribution in [0.5, 0.6) is 0 Å². The fourth-order valence-corrected chi connectivity index (χ4v) is 7.67. The largest absolute Gasteiger partial charge is 0.341 e. The summed E-state index contributed by atoms with van der Waals surface area (Å²) in [4.78, 5) is 15.6. The first-order chi connectivity index (χ1) is 22.6. The van der Waals surface area contributed by atoms with Gasteiger partial charge in [0, 0.05) is 18.8 Å². The average Bonchev–Trinajstić information content (AvgIpc) is 3.87. The Morgan fingerprint density at radius 3 is 2.19 bits per heavy atom. The van der Waals surface area contributed by atoms with Crippen molar-refractivity contribution in [3.05, 3.63) is 88.7 Å². The van der Waals surface area contributed by atoms with Gasteiger partial charge in [-0.3, -0.25) is 0 Å². The minimum absolute atomic E-state index is 0.246. The van der Waals surface area contributed by atoms with E-state index in [1.807, 2.05) is 19.9 Å². The fourth-order valence-electron chi connectivity index (χ4n) is 7.67. The van der Waals surface area contributed by atoms with Crippen molar-refractivity contribution in [2.45, 2.75) is 89.1 Å². The second kappa shape index (κ2) is 12.4. The number of nitrogens with zero attached hydrogens (tertiary/aromatic N) is 2. The van der Waals surface area contributed by atoms with E-state index in [-0.39, 0.29) is 25.9 Å². The molecule has 2 aliphatic heterocycles. The molecule has 4 aliphatic rings. The Balaban J connectivity index is 0.00000172. The Morgan fingerprint density at radius 1 is 0.830 bits per heavy atom. The number of imidazole rings is 2. The van der Waals surface area contributed by atoms with Crippen LogP contribution in [0, 0.1) is 5.92 Å². The van der Waals surface area contributed by atoms with Crippen LogP contribution in [0.3, 0.4) is 0 Å². The summed E-state index contributed by atoms with van der Waals surface area (Å²) in [5, 5.41) is 5.76. The molecule has 2 aromatic heterocycles. The van der Waals surface area contributed by atoms with Gasteiger partial charge >= 0.3 is 0 Å². The summed E-state index contributed by atoms with van der Waals surface area (Å²) in [5.74, 6) is -3.42. The van der Waals surface area contributed by atoms with Crippen LogP contribution in [0.2, 0.25) is 0 Å². The molecule has 6 nitrogen and oxygen atoms in total. The molecule has 2 aliphatic carbocycles. The van der Waals surface area contributed by atoms with Gasteiger partial charge in [-0.05, 0) is 71.6 Å². The van der Waals surface area contributed by atoms with Gasteiger partial charge in [-0.2, -0.15) is 0 Å². The molecule has 4 unspecified atom stereocenters. The highest BCUT2D eigenvalue weighted by Gasteiger charge is 2.42. The molecule has 0 saturated carbocycles. The molecule has 2 fully saturated rings. The molecule has 0 radical (unpaired) electrons. The molecule has 4 aromatic rings. The van der Waals surface area contributed by atoms with Crippen molar-refractivity contribution >= 4 is 16.6 Å². The highest BCUT2D eigenvalue weighted by atomic mass is 19.3. The lowest BCUT2D eigenvalue weighted by Crippen LogP contribution is -2.19. The van der Waals surface area contributed by atoms with Crippen molar-refractivity contribution in [3.63, 3.8) is 0 Å². The van der Waals surface area contributed by atoms with Crippen molar-refractivity contribution in [2.75, 3.05) is 13.1 Å². The van der Waals surface area contributed by atoms with Gasteiger partial charge < -0.3 is 20.6 Å². The molecule has 10 heteroatoms. The quantitative estimate of drug-likeness (QED) is 0.163. The standard InChI is InChI=1S/C35H36F4N6.C2H6/c1-19-2-8-25-23(20-3-5-21(6-4-20)31-16-40-32(45-31)29-14-34(36,37)17-41-29)9-10-24(26(25)12-19)22-7-11-27-28(13-22)44-33(43-27)30-15-35(38,39)18-42-30;1-2/h3-7,10-11,13,16,19,23,29-30,41-42H,2,8-9,12,14-15,17-18H2,1H3,(H,40,45)(H,43,44);1-2H3. The van der Waals surface area contributed by atoms with Crippen LogP contribution in [0.1, 0.15) is 100 Å². The monoisotopic (exact) mass is 646 g/mol. The molecule has 8 rings (SSSR count). The lowest BCUT2D eigenvalue weighted by atomic mass is 9.70. The van der Waals surface area contributed by atoms with Crippen LogP contribution in [0.4, 0.5) is 17.6 Å². The molecule has 47 heavy (non-hydrogen) atoms. The van der Waals surface area contributed by atoms with Crippen molar-refractivity contribution in [3.8, 4) is 11.3 Å². The molecule has 4 N–H and O–H groups in total. The third-order valence-corrected chi connectivity index (χ3v) is 10.1. The first kappa shape index (κ1) is 31.8. The maximum Gasteiger partial charge on any atom is 0.262 e. The van der Waals surface area contributed by atoms with Gasteiger partial charge in [0.25, 0.3) is 11.8 Å². The molecular formula is C37H42F4N6. The Bertz CT molecular complexity index is 1820. The number of hydrogen-bond donors (Lipinski definition) is 4. The lowest BCUT2D eigenvalue weighted by molar-refractivity contribution is 0.0201. The van der Waals surface area contributed by atoms with E-state index in [9.17, 15) is 17.6 Å². The van der Waals surface area contributed by atoms with E-state index in [2.05, 4.69) is 80.0 Å². The van der Waals surface area contributed by atoms with Gasteiger partial charge in [0.15, 0.2) is 0 Å². The van der Waals surface area contributed by atoms with Crippen LogP contribution >= 0.6 is 0 Å². The predicted molar refractivity (Wildman–Crippen MR) is 177 cm³/mol. The summed E-state index contributed by atoms with van der Waals surface area (Å²) in [5.41, 5.74) is 10.0. The van der Waals surface area contributed by atoms with Crippen molar-refractivity contribution in [2.24, 2.45) is 5.92 Å². The summed E-state index contributed by atoms with van der Waals surface area (Å²) < 4.78 is 55.0. The molecular weight excluding hydrogens is 604 g/mol. The SMILES string of the molecule is CC.CC1CCC2=C(C1)C(c1ccc3nc(C4CC(F)(F)CN4)[nH]c3c1)=CCC2c1ccc(-c2cnc(C3CC(F)(F)CN3)[nH]2)cc1. The van der Waals surface area contributed by atoms with Gasteiger partial charge in [-0.25, -0.2) is 27.5 Å². The number of halogens is 4. The number of nitrogens with one attached hydrogen (secondary N) is 4. The van der Waals surface area contributed by atoms with Gasteiger partial charge in [0.2, 0.25) is 0 Å². The molecule has 0 amide bonds. The van der Waals surface area contributed by atoms with Crippen LogP contribution in [0.25, 0.3) is 27.9 Å². The number of aromatic nitrogens is 4. The van der Waals surface area contributed by atoms with E-state index in [0.29, 0.717) is 23.5 Å². The number of hydrogen-bond acceptors (Lipinski definition) is 4. The second-order valence-electron chi connectivity index (χ2n) is 13.4. The van der Waals surface area contributed by atoms with Crippen molar-refractivity contribution in [1.29, 1.82) is 0 Å². The number of H-pyrrole nitrogens is 2. The number of allylic oxidation sites excluding steroid dienone is 4. The molecule has 0 spiro atoms. The normalized spacial score (nSPS) is 26.6. The van der Waals surface area contributed by atoms with Crippen molar-refractivity contribution in [1.82, 2.24) is 30.6 Å². The van der Waals surface area contributed by atoms with Crippen LogP contribution < -0.4 is 10.6 Å². The van der Waals surface area contributed by atoms with Crippen molar-refractivity contribution < 1.29 is 17.6 Å². The Morgan fingerprint density at radius 2 is 1.51 bits per heavy atom. The van der Waals surface area contributed by atoms with Crippen LogP contribution in [-0.4, -0.2) is 44.9 Å². The van der Waals surface area contributed by atoms with E-state index in [1.165, 1.54) is 22.3 Å². The first-order valence-corrected chi connectivity index (χ1v) is 16.9. The molecule has 2 aromatic carbocycles. The number of alkyl halides is 4. The first-order valence-electron chi connectivity index (χ1n) is 16.9. The minimum atomic E-state index is -2.71. The van der Waals surface area contributed by atoms with Crippen LogP contribution in [-0.2, 0) is 0 Å². The van der Waals surface area contributed by atoms with Gasteiger partial charge in [0.1, 0.15) is 11.6 Å². The lowest BCUT2D eigenvalue weighted by Gasteiger charge is -2.35. The Labute approximate surface area is 272 Å². The van der Waals surface area contributed by atoms with E-state index in [1.54, 1.807) is 6.20 Å². The second-order valence-corrected chi connectivity index (χ2v) is 13.4. The minimum Gasteiger partial charge on any atom is -0.341 e. The number of fused-ring (bicyclic) bond motifs is 1. The third-order valence-electron chi connectivity index (χ3n) is 10.1. The zero-order chi connectivity index (χ0) is 32.9. The highest BCUT2D eigenvalue weighted by molar-refractivity contribution is 5.87. The zero-order valence-electron chi connectivity index (χ0n) is 27.1. The predicted octanol–water partition coefficient (Wildman–Crippen LogP) is 9.01. The third kappa shape index (κ3) is 6.29. The summed E-state index contributed by atoms with van der Waals surface area (Å²) in [6.45, 7) is 5.67. The van der Waals surface area contributed by atoms with E-state index < -0.39 is 23.9 Å². The number of aromatic amines is 2. The summed E-state index contributed by atoms with van der Waals surface area (Å²) >= 11 is 0. The molecule has 4 heterocycles. The molecule has 248 valence electrons. The highest BCUT2D eigenvalue weighted by Crippen LogP contribution is 2.48.